The predicted octanol–water partition coefficient (Wildman–Crippen LogP) is 5.23. The van der Waals surface area contributed by atoms with Gasteiger partial charge in [0.25, 0.3) is 0 Å². The molecule has 0 aromatic heterocycles. The van der Waals surface area contributed by atoms with E-state index in [1.54, 1.807) is 33.7 Å². The lowest BCUT2D eigenvalue weighted by atomic mass is 9.70. The topological polar surface area (TPSA) is 81.2 Å². The molecule has 3 amide bonds. The zero-order chi connectivity index (χ0) is 30.7. The molecule has 2 bridgehead atoms. The third kappa shape index (κ3) is 5.33. The Morgan fingerprint density at radius 2 is 1.72 bits per heavy atom. The molecule has 2 aromatic rings. The second-order valence-electron chi connectivity index (χ2n) is 11.9. The highest BCUT2D eigenvalue weighted by Gasteiger charge is 2.74. The van der Waals surface area contributed by atoms with Crippen molar-refractivity contribution in [1.82, 2.24) is 9.80 Å². The number of likely N-dealkylation sites (tertiary alicyclic amines) is 1. The Morgan fingerprint density at radius 1 is 1.07 bits per heavy atom. The number of para-hydroxylation sites is 1. The van der Waals surface area contributed by atoms with Crippen LogP contribution < -0.4 is 4.90 Å². The predicted molar refractivity (Wildman–Crippen MR) is 172 cm³/mol. The fourth-order valence-electron chi connectivity index (χ4n) is 7.61. The van der Waals surface area contributed by atoms with E-state index in [4.69, 9.17) is 0 Å². The van der Waals surface area contributed by atoms with Crippen molar-refractivity contribution < 1.29 is 19.5 Å². The fraction of sp³-hybridized carbons (Fsp3) is 0.457. The van der Waals surface area contributed by atoms with Crippen LogP contribution >= 0.6 is 11.8 Å². The van der Waals surface area contributed by atoms with Gasteiger partial charge in [-0.15, -0.1) is 24.9 Å². The molecule has 3 aliphatic rings. The van der Waals surface area contributed by atoms with Gasteiger partial charge in [-0.3, -0.25) is 14.4 Å². The molecule has 228 valence electrons. The third-order valence-electron chi connectivity index (χ3n) is 9.44. The minimum absolute atomic E-state index is 0.0469. The van der Waals surface area contributed by atoms with E-state index in [9.17, 15) is 19.5 Å². The molecule has 8 heteroatoms. The second-order valence-corrected chi connectivity index (χ2v) is 13.5. The summed E-state index contributed by atoms with van der Waals surface area (Å²) in [7, 11) is 0. The van der Waals surface area contributed by atoms with Gasteiger partial charge in [-0.25, -0.2) is 0 Å². The molecule has 3 heterocycles. The molecular weight excluding hydrogens is 558 g/mol. The van der Waals surface area contributed by atoms with Crippen molar-refractivity contribution >= 4 is 35.2 Å². The smallest absolute Gasteiger partial charge is 0.247 e. The van der Waals surface area contributed by atoms with Crippen molar-refractivity contribution in [3.05, 3.63) is 91.5 Å². The molecule has 43 heavy (non-hydrogen) atoms. The van der Waals surface area contributed by atoms with Crippen molar-refractivity contribution in [1.29, 1.82) is 0 Å². The quantitative estimate of drug-likeness (QED) is 0.318. The summed E-state index contributed by atoms with van der Waals surface area (Å²) < 4.78 is -0.761. The van der Waals surface area contributed by atoms with Crippen LogP contribution in [0.4, 0.5) is 5.69 Å². The lowest BCUT2D eigenvalue weighted by Gasteiger charge is -2.41. The summed E-state index contributed by atoms with van der Waals surface area (Å²) in [6.45, 7) is 12.3. The van der Waals surface area contributed by atoms with E-state index in [-0.39, 0.29) is 35.6 Å². The third-order valence-corrected chi connectivity index (χ3v) is 11.4. The Hall–Kier alpha value is -3.36. The molecule has 3 fully saturated rings. The fourth-order valence-corrected chi connectivity index (χ4v) is 9.81. The highest BCUT2D eigenvalue weighted by Crippen LogP contribution is 2.67. The number of hydrogen-bond acceptors (Lipinski definition) is 5. The summed E-state index contributed by atoms with van der Waals surface area (Å²) in [4.78, 5) is 49.3. The van der Waals surface area contributed by atoms with Crippen LogP contribution in [0, 0.1) is 11.8 Å². The van der Waals surface area contributed by atoms with E-state index >= 15 is 0 Å². The average molecular weight is 602 g/mol. The van der Waals surface area contributed by atoms with Crippen LogP contribution in [0.25, 0.3) is 0 Å². The molecule has 3 aliphatic heterocycles. The molecule has 3 unspecified atom stereocenters. The van der Waals surface area contributed by atoms with Gasteiger partial charge in [-0.1, -0.05) is 74.0 Å². The van der Waals surface area contributed by atoms with E-state index in [0.717, 1.165) is 30.5 Å². The van der Waals surface area contributed by atoms with E-state index < -0.39 is 28.7 Å². The molecule has 2 aromatic carbocycles. The van der Waals surface area contributed by atoms with Crippen LogP contribution in [0.15, 0.2) is 86.0 Å². The highest BCUT2D eigenvalue weighted by molar-refractivity contribution is 8.02. The molecule has 3 saturated heterocycles. The molecular formula is C35H43N3O4S. The zero-order valence-corrected chi connectivity index (χ0v) is 26.0. The molecule has 0 saturated carbocycles. The molecule has 7 atom stereocenters. The lowest BCUT2D eigenvalue weighted by molar-refractivity contribution is -0.146. The van der Waals surface area contributed by atoms with Gasteiger partial charge in [0.1, 0.15) is 6.04 Å². The van der Waals surface area contributed by atoms with Crippen LogP contribution in [-0.2, 0) is 14.4 Å². The van der Waals surface area contributed by atoms with Gasteiger partial charge in [0.2, 0.25) is 17.7 Å². The number of carbonyl (C=O) groups excluding carboxylic acids is 3. The van der Waals surface area contributed by atoms with Crippen LogP contribution in [0.3, 0.4) is 0 Å². The number of nitrogens with zero attached hydrogens (tertiary/aromatic N) is 3. The lowest BCUT2D eigenvalue weighted by Crippen LogP contribution is -2.57. The first-order valence-electron chi connectivity index (χ1n) is 15.4. The molecule has 1 spiro atoms. The number of rotatable bonds is 13. The number of aliphatic hydroxyl groups excluding tert-OH is 1. The maximum Gasteiger partial charge on any atom is 0.247 e. The summed E-state index contributed by atoms with van der Waals surface area (Å²) in [5.74, 6) is -1.71. The van der Waals surface area contributed by atoms with Crippen LogP contribution in [0.2, 0.25) is 0 Å². The number of benzene rings is 2. The summed E-state index contributed by atoms with van der Waals surface area (Å²) in [6, 6.07) is 17.3. The number of hydrogen-bond donors (Lipinski definition) is 1. The molecule has 0 aliphatic carbocycles. The summed E-state index contributed by atoms with van der Waals surface area (Å²) in [5.41, 5.74) is 1.52. The molecule has 5 rings (SSSR count). The van der Waals surface area contributed by atoms with Crippen LogP contribution in [0.1, 0.15) is 51.1 Å². The molecule has 1 N–H and O–H groups in total. The second kappa shape index (κ2) is 13.1. The first-order valence-corrected chi connectivity index (χ1v) is 16.3. The Bertz CT molecular complexity index is 1340. The summed E-state index contributed by atoms with van der Waals surface area (Å²) in [5, 5.41) is 10.7. The van der Waals surface area contributed by atoms with Gasteiger partial charge in [-0.2, -0.15) is 0 Å². The number of anilines is 1. The van der Waals surface area contributed by atoms with Crippen molar-refractivity contribution in [2.75, 3.05) is 24.6 Å². The Morgan fingerprint density at radius 3 is 2.33 bits per heavy atom. The standard InChI is InChI=1S/C35H43N3O4S/c1-5-14-24(4)36(21-6-2)34(42)31-35-20-19-28(43-35)29(32(40)37(22-7-3)26-17-12-9-13-18-26)30(35)33(41)38(31)27(23-39)25-15-10-8-11-16-25/h6-13,15-18,24,27-31,39H,2-3,5,14,19-23H2,1,4H3/t24?,27-,28-,29+,30+,31?,35?/m1/s1. The largest absolute Gasteiger partial charge is 0.394 e. The first-order chi connectivity index (χ1) is 20.8. The SMILES string of the molecule is C=CCN(C(=O)[C@@H]1[C@H]2C(=O)N([C@H](CO)c3ccccc3)C(C(=O)N(CC=C)C(C)CCC)C23CC[C@H]1S3)c1ccccc1. The van der Waals surface area contributed by atoms with Gasteiger partial charge in [0.05, 0.1) is 29.2 Å². The zero-order valence-electron chi connectivity index (χ0n) is 25.2. The van der Waals surface area contributed by atoms with E-state index in [1.165, 1.54) is 0 Å². The van der Waals surface area contributed by atoms with Crippen LogP contribution in [0.5, 0.6) is 0 Å². The number of carbonyl (C=O) groups is 3. The highest BCUT2D eigenvalue weighted by atomic mass is 32.2. The van der Waals surface area contributed by atoms with E-state index in [2.05, 4.69) is 20.1 Å². The minimum Gasteiger partial charge on any atom is -0.394 e. The van der Waals surface area contributed by atoms with E-state index in [1.807, 2.05) is 72.5 Å². The van der Waals surface area contributed by atoms with Crippen molar-refractivity contribution in [2.24, 2.45) is 11.8 Å². The first kappa shape index (κ1) is 31.1. The number of amides is 3. The van der Waals surface area contributed by atoms with Gasteiger partial charge in [0, 0.05) is 30.1 Å². The van der Waals surface area contributed by atoms with Crippen molar-refractivity contribution in [3.8, 4) is 0 Å². The summed E-state index contributed by atoms with van der Waals surface area (Å²) >= 11 is 1.65. The van der Waals surface area contributed by atoms with Gasteiger partial charge < -0.3 is 19.8 Å². The summed E-state index contributed by atoms with van der Waals surface area (Å²) in [6.07, 6.45) is 6.59. The van der Waals surface area contributed by atoms with Crippen molar-refractivity contribution in [2.45, 2.75) is 67.7 Å². The van der Waals surface area contributed by atoms with E-state index in [0.29, 0.717) is 19.5 Å². The average Bonchev–Trinajstić information content (AvgIpc) is 3.67. The molecule has 7 nitrogen and oxygen atoms in total. The number of thioether (sulfide) groups is 1. The number of aliphatic hydroxyl groups is 1. The van der Waals surface area contributed by atoms with Gasteiger partial charge in [-0.05, 0) is 43.9 Å². The monoisotopic (exact) mass is 601 g/mol. The van der Waals surface area contributed by atoms with Gasteiger partial charge in [0.15, 0.2) is 0 Å². The molecule has 0 radical (unpaired) electrons. The van der Waals surface area contributed by atoms with Gasteiger partial charge >= 0.3 is 0 Å². The maximum atomic E-state index is 14.8. The Kier molecular flexibility index (Phi) is 9.47. The Labute approximate surface area is 259 Å². The Balaban J connectivity index is 1.62. The van der Waals surface area contributed by atoms with Crippen LogP contribution in [-0.4, -0.2) is 74.4 Å². The van der Waals surface area contributed by atoms with Crippen molar-refractivity contribution in [3.63, 3.8) is 0 Å². The maximum absolute atomic E-state index is 14.8. The minimum atomic E-state index is -0.806. The normalized spacial score (nSPS) is 27.0. The number of fused-ring (bicyclic) bond motifs is 1.